The molecule has 1 amide bonds. The average molecular weight is 432 g/mol. The standard InChI is InChI=1S/C25H24N2O5/c1-2-30-18-13-11-17(12-14-18)26-23(28)15-31-24(29)16-32-27-25-21-9-5-3-7-19(21)20-8-4-6-10-22(20)25/h3-14,19,21H,2,15-16H2,1H3,(H,26,28)/b27-25-. The number of esters is 1. The molecule has 7 heteroatoms. The Morgan fingerprint density at radius 1 is 0.969 bits per heavy atom. The second-order valence-electron chi connectivity index (χ2n) is 7.32. The maximum atomic E-state index is 12.0. The summed E-state index contributed by atoms with van der Waals surface area (Å²) in [6, 6.07) is 15.0. The summed E-state index contributed by atoms with van der Waals surface area (Å²) in [5.41, 5.74) is 3.57. The maximum Gasteiger partial charge on any atom is 0.347 e. The van der Waals surface area contributed by atoms with Gasteiger partial charge < -0.3 is 19.6 Å². The van der Waals surface area contributed by atoms with Crippen LogP contribution < -0.4 is 10.1 Å². The van der Waals surface area contributed by atoms with E-state index in [9.17, 15) is 9.59 Å². The number of hydrogen-bond donors (Lipinski definition) is 1. The molecule has 2 aromatic rings. The fraction of sp³-hybridized carbons (Fsp3) is 0.240. The fourth-order valence-electron chi connectivity index (χ4n) is 3.82. The van der Waals surface area contributed by atoms with Gasteiger partial charge in [0.15, 0.2) is 6.61 Å². The number of nitrogens with one attached hydrogen (secondary N) is 1. The van der Waals surface area contributed by atoms with Crippen molar-refractivity contribution in [2.75, 3.05) is 25.1 Å². The molecule has 0 fully saturated rings. The van der Waals surface area contributed by atoms with Crippen LogP contribution in [-0.2, 0) is 19.2 Å². The third-order valence-corrected chi connectivity index (χ3v) is 5.21. The lowest BCUT2D eigenvalue weighted by atomic mass is 9.88. The molecule has 2 unspecified atom stereocenters. The van der Waals surface area contributed by atoms with Gasteiger partial charge in [-0.05, 0) is 36.8 Å². The van der Waals surface area contributed by atoms with Gasteiger partial charge in [0.2, 0.25) is 6.61 Å². The Morgan fingerprint density at radius 2 is 1.72 bits per heavy atom. The predicted molar refractivity (Wildman–Crippen MR) is 121 cm³/mol. The largest absolute Gasteiger partial charge is 0.494 e. The summed E-state index contributed by atoms with van der Waals surface area (Å²) in [7, 11) is 0. The van der Waals surface area contributed by atoms with Crippen LogP contribution in [0.3, 0.4) is 0 Å². The van der Waals surface area contributed by atoms with Gasteiger partial charge in [0.1, 0.15) is 5.75 Å². The molecule has 164 valence electrons. The van der Waals surface area contributed by atoms with Crippen molar-refractivity contribution in [2.45, 2.75) is 12.8 Å². The van der Waals surface area contributed by atoms with Gasteiger partial charge in [-0.2, -0.15) is 0 Å². The average Bonchev–Trinajstić information content (AvgIpc) is 3.13. The second kappa shape index (κ2) is 9.96. The highest BCUT2D eigenvalue weighted by atomic mass is 16.7. The van der Waals surface area contributed by atoms with E-state index in [0.29, 0.717) is 18.0 Å². The van der Waals surface area contributed by atoms with Crippen molar-refractivity contribution in [2.24, 2.45) is 11.1 Å². The second-order valence-corrected chi connectivity index (χ2v) is 7.32. The van der Waals surface area contributed by atoms with Crippen LogP contribution in [0, 0.1) is 5.92 Å². The Bertz CT molecular complexity index is 1070. The van der Waals surface area contributed by atoms with Gasteiger partial charge in [0, 0.05) is 23.1 Å². The molecule has 0 bridgehead atoms. The lowest BCUT2D eigenvalue weighted by Crippen LogP contribution is -2.22. The molecule has 32 heavy (non-hydrogen) atoms. The minimum Gasteiger partial charge on any atom is -0.494 e. The van der Waals surface area contributed by atoms with Crippen LogP contribution in [0.5, 0.6) is 5.75 Å². The molecule has 1 N–H and O–H groups in total. The van der Waals surface area contributed by atoms with Crippen molar-refractivity contribution < 1.29 is 23.9 Å². The molecule has 0 aromatic heterocycles. The Labute approximate surface area is 186 Å². The highest BCUT2D eigenvalue weighted by Gasteiger charge is 2.36. The Hall–Kier alpha value is -3.87. The van der Waals surface area contributed by atoms with Crippen LogP contribution >= 0.6 is 0 Å². The number of carbonyl (C=O) groups excluding carboxylic acids is 2. The number of amides is 1. The molecule has 0 saturated carbocycles. The molecule has 4 rings (SSSR count). The fourth-order valence-corrected chi connectivity index (χ4v) is 3.82. The number of nitrogens with zero attached hydrogens (tertiary/aromatic N) is 1. The molecule has 7 nitrogen and oxygen atoms in total. The summed E-state index contributed by atoms with van der Waals surface area (Å²) in [6.45, 7) is 1.68. The molecular weight excluding hydrogens is 408 g/mol. The number of fused-ring (bicyclic) bond motifs is 3. The van der Waals surface area contributed by atoms with Crippen LogP contribution in [0.2, 0.25) is 0 Å². The van der Waals surface area contributed by atoms with E-state index >= 15 is 0 Å². The number of carbonyl (C=O) groups is 2. The number of anilines is 1. The monoisotopic (exact) mass is 432 g/mol. The van der Waals surface area contributed by atoms with Crippen molar-refractivity contribution in [3.8, 4) is 5.75 Å². The van der Waals surface area contributed by atoms with Gasteiger partial charge >= 0.3 is 5.97 Å². The van der Waals surface area contributed by atoms with E-state index in [1.807, 2.05) is 37.3 Å². The van der Waals surface area contributed by atoms with Gasteiger partial charge in [-0.1, -0.05) is 53.7 Å². The first kappa shape index (κ1) is 21.4. The number of hydrogen-bond acceptors (Lipinski definition) is 6. The molecule has 2 atom stereocenters. The summed E-state index contributed by atoms with van der Waals surface area (Å²) in [6.07, 6.45) is 8.23. The molecule has 0 radical (unpaired) electrons. The molecule has 0 saturated heterocycles. The lowest BCUT2D eigenvalue weighted by molar-refractivity contribution is -0.151. The Morgan fingerprint density at radius 3 is 2.50 bits per heavy atom. The first-order chi connectivity index (χ1) is 15.7. The van der Waals surface area contributed by atoms with E-state index < -0.39 is 18.5 Å². The zero-order valence-corrected chi connectivity index (χ0v) is 17.7. The Balaban J connectivity index is 1.26. The molecule has 2 aliphatic rings. The van der Waals surface area contributed by atoms with E-state index in [2.05, 4.69) is 28.7 Å². The molecule has 0 spiro atoms. The molecule has 2 aliphatic carbocycles. The van der Waals surface area contributed by atoms with Gasteiger partial charge in [0.25, 0.3) is 5.91 Å². The molecule has 0 heterocycles. The highest BCUT2D eigenvalue weighted by molar-refractivity contribution is 6.08. The first-order valence-electron chi connectivity index (χ1n) is 10.5. The van der Waals surface area contributed by atoms with Crippen molar-refractivity contribution in [3.05, 3.63) is 84.0 Å². The van der Waals surface area contributed by atoms with Gasteiger partial charge in [-0.3, -0.25) is 4.79 Å². The van der Waals surface area contributed by atoms with E-state index in [4.69, 9.17) is 14.3 Å². The summed E-state index contributed by atoms with van der Waals surface area (Å²) < 4.78 is 10.3. The topological polar surface area (TPSA) is 86.2 Å². The molecular formula is C25H24N2O5. The minimum absolute atomic E-state index is 0.0771. The smallest absolute Gasteiger partial charge is 0.347 e. The van der Waals surface area contributed by atoms with E-state index in [1.165, 1.54) is 5.56 Å². The molecule has 0 aliphatic heterocycles. The Kier molecular flexibility index (Phi) is 6.65. The van der Waals surface area contributed by atoms with Gasteiger partial charge in [-0.15, -0.1) is 0 Å². The normalized spacial score (nSPS) is 19.2. The number of ether oxygens (including phenoxy) is 2. The number of allylic oxidation sites excluding steroid dienone is 4. The van der Waals surface area contributed by atoms with Crippen LogP contribution in [0.4, 0.5) is 5.69 Å². The van der Waals surface area contributed by atoms with Crippen LogP contribution in [-0.4, -0.2) is 37.4 Å². The summed E-state index contributed by atoms with van der Waals surface area (Å²) in [5, 5.41) is 6.88. The number of rotatable bonds is 8. The van der Waals surface area contributed by atoms with Crippen LogP contribution in [0.25, 0.3) is 0 Å². The SMILES string of the molecule is CCOc1ccc(NC(=O)COC(=O)CO/N=C2\c3ccccc3C3C=CC=CC23)cc1. The van der Waals surface area contributed by atoms with Crippen molar-refractivity contribution in [1.82, 2.24) is 0 Å². The number of oxime groups is 1. The van der Waals surface area contributed by atoms with E-state index in [-0.39, 0.29) is 18.4 Å². The highest BCUT2D eigenvalue weighted by Crippen LogP contribution is 2.41. The first-order valence-corrected chi connectivity index (χ1v) is 10.5. The van der Waals surface area contributed by atoms with Crippen molar-refractivity contribution in [3.63, 3.8) is 0 Å². The third-order valence-electron chi connectivity index (χ3n) is 5.21. The summed E-state index contributed by atoms with van der Waals surface area (Å²) in [5.74, 6) is -0.102. The van der Waals surface area contributed by atoms with Crippen LogP contribution in [0.1, 0.15) is 24.0 Å². The minimum atomic E-state index is -0.668. The van der Waals surface area contributed by atoms with Crippen molar-refractivity contribution in [1.29, 1.82) is 0 Å². The lowest BCUT2D eigenvalue weighted by Gasteiger charge is -2.15. The maximum absolute atomic E-state index is 12.0. The molecule has 2 aromatic carbocycles. The third kappa shape index (κ3) is 4.88. The zero-order chi connectivity index (χ0) is 22.3. The van der Waals surface area contributed by atoms with Crippen molar-refractivity contribution >= 4 is 23.3 Å². The summed E-state index contributed by atoms with van der Waals surface area (Å²) >= 11 is 0. The van der Waals surface area contributed by atoms with Gasteiger partial charge in [0.05, 0.1) is 12.3 Å². The quantitative estimate of drug-likeness (QED) is 0.506. The zero-order valence-electron chi connectivity index (χ0n) is 17.7. The van der Waals surface area contributed by atoms with E-state index in [1.54, 1.807) is 24.3 Å². The predicted octanol–water partition coefficient (Wildman–Crippen LogP) is 3.83. The van der Waals surface area contributed by atoms with E-state index in [0.717, 1.165) is 11.3 Å². The summed E-state index contributed by atoms with van der Waals surface area (Å²) in [4.78, 5) is 29.3. The van der Waals surface area contributed by atoms with Crippen LogP contribution in [0.15, 0.2) is 78.0 Å². The van der Waals surface area contributed by atoms with Gasteiger partial charge in [-0.25, -0.2) is 4.79 Å². The number of benzene rings is 2.